The van der Waals surface area contributed by atoms with E-state index >= 15 is 0 Å². The molecule has 2 aliphatic heterocycles. The normalized spacial score (nSPS) is 23.0. The molecule has 0 aromatic heterocycles. The van der Waals surface area contributed by atoms with Crippen LogP contribution in [0.1, 0.15) is 43.9 Å². The molecule has 1 saturated heterocycles. The van der Waals surface area contributed by atoms with Crippen LogP contribution in [0.5, 0.6) is 11.5 Å². The van der Waals surface area contributed by atoms with Crippen LogP contribution in [0.3, 0.4) is 0 Å². The summed E-state index contributed by atoms with van der Waals surface area (Å²) in [5.74, 6) is 1.49. The summed E-state index contributed by atoms with van der Waals surface area (Å²) in [6.07, 6.45) is 3.43. The van der Waals surface area contributed by atoms with Crippen molar-refractivity contribution in [1.82, 2.24) is 9.80 Å². The summed E-state index contributed by atoms with van der Waals surface area (Å²) >= 11 is 0. The van der Waals surface area contributed by atoms with Gasteiger partial charge in [-0.2, -0.15) is 0 Å². The van der Waals surface area contributed by atoms with Crippen molar-refractivity contribution < 1.29 is 14.3 Å². The molecular formula is C25H30N2O3. The molecule has 2 aromatic rings. The smallest absolute Gasteiger partial charge is 0.261 e. The molecule has 0 N–H and O–H groups in total. The highest BCUT2D eigenvalue weighted by Gasteiger charge is 2.38. The molecule has 2 aromatic carbocycles. The Balaban J connectivity index is 1.30. The SMILES string of the molecule is CC1(C)Cc2cccc(OCC(=O)N3CCN(C4CC4)CC3c3ccccc3)c2O1. The summed E-state index contributed by atoms with van der Waals surface area (Å²) in [7, 11) is 0. The van der Waals surface area contributed by atoms with E-state index in [0.29, 0.717) is 11.8 Å². The predicted molar refractivity (Wildman–Crippen MR) is 116 cm³/mol. The molecular weight excluding hydrogens is 376 g/mol. The molecule has 0 bridgehead atoms. The molecule has 1 unspecified atom stereocenters. The van der Waals surface area contributed by atoms with Crippen molar-refractivity contribution in [3.63, 3.8) is 0 Å². The maximum absolute atomic E-state index is 13.2. The molecule has 1 saturated carbocycles. The average molecular weight is 407 g/mol. The first-order chi connectivity index (χ1) is 14.5. The number of carbonyl (C=O) groups is 1. The topological polar surface area (TPSA) is 42.0 Å². The van der Waals surface area contributed by atoms with Crippen LogP contribution in [0.15, 0.2) is 48.5 Å². The fourth-order valence-electron chi connectivity index (χ4n) is 4.76. The second-order valence-corrected chi connectivity index (χ2v) is 9.31. The van der Waals surface area contributed by atoms with E-state index in [1.165, 1.54) is 18.4 Å². The van der Waals surface area contributed by atoms with Gasteiger partial charge >= 0.3 is 0 Å². The Labute approximate surface area is 178 Å². The molecule has 5 heteroatoms. The first-order valence-corrected chi connectivity index (χ1v) is 11.0. The monoisotopic (exact) mass is 406 g/mol. The van der Waals surface area contributed by atoms with E-state index in [2.05, 4.69) is 49.1 Å². The van der Waals surface area contributed by atoms with Gasteiger partial charge in [0, 0.05) is 37.7 Å². The highest BCUT2D eigenvalue weighted by atomic mass is 16.5. The maximum atomic E-state index is 13.2. The van der Waals surface area contributed by atoms with E-state index in [4.69, 9.17) is 9.47 Å². The number of para-hydroxylation sites is 1. The number of amides is 1. The lowest BCUT2D eigenvalue weighted by molar-refractivity contribution is -0.138. The van der Waals surface area contributed by atoms with E-state index < -0.39 is 0 Å². The Hall–Kier alpha value is -2.53. The van der Waals surface area contributed by atoms with E-state index in [9.17, 15) is 4.79 Å². The number of ether oxygens (including phenoxy) is 2. The standard InChI is InChI=1S/C25H30N2O3/c1-25(2)15-19-9-6-10-22(24(19)30-25)29-17-23(28)27-14-13-26(20-11-12-20)16-21(27)18-7-4-3-5-8-18/h3-10,20-21H,11-17H2,1-2H3. The first kappa shape index (κ1) is 19.4. The Bertz CT molecular complexity index is 923. The number of benzene rings is 2. The van der Waals surface area contributed by atoms with E-state index in [-0.39, 0.29) is 24.2 Å². The molecule has 3 aliphatic rings. The summed E-state index contributed by atoms with van der Waals surface area (Å²) in [5, 5.41) is 0. The first-order valence-electron chi connectivity index (χ1n) is 11.0. The van der Waals surface area contributed by atoms with Gasteiger partial charge in [0.2, 0.25) is 0 Å². The minimum atomic E-state index is -0.233. The summed E-state index contributed by atoms with van der Waals surface area (Å²) in [5.41, 5.74) is 2.11. The summed E-state index contributed by atoms with van der Waals surface area (Å²) in [4.78, 5) is 17.8. The van der Waals surface area contributed by atoms with Crippen molar-refractivity contribution in [3.8, 4) is 11.5 Å². The number of rotatable bonds is 5. The zero-order valence-corrected chi connectivity index (χ0v) is 17.8. The van der Waals surface area contributed by atoms with Gasteiger partial charge in [0.1, 0.15) is 5.60 Å². The van der Waals surface area contributed by atoms with Crippen molar-refractivity contribution in [1.29, 1.82) is 0 Å². The fraction of sp³-hybridized carbons (Fsp3) is 0.480. The van der Waals surface area contributed by atoms with Crippen LogP contribution in [0.2, 0.25) is 0 Å². The molecule has 5 nitrogen and oxygen atoms in total. The van der Waals surface area contributed by atoms with Gasteiger partial charge in [-0.1, -0.05) is 42.5 Å². The van der Waals surface area contributed by atoms with E-state index in [1.807, 2.05) is 23.1 Å². The van der Waals surface area contributed by atoms with Gasteiger partial charge in [-0.25, -0.2) is 0 Å². The van der Waals surface area contributed by atoms with Gasteiger partial charge in [-0.05, 0) is 38.3 Å². The largest absolute Gasteiger partial charge is 0.483 e. The summed E-state index contributed by atoms with van der Waals surface area (Å²) in [6, 6.07) is 17.1. The fourth-order valence-corrected chi connectivity index (χ4v) is 4.76. The van der Waals surface area contributed by atoms with E-state index in [1.54, 1.807) is 0 Å². The lowest BCUT2D eigenvalue weighted by atomic mass is 10.0. The molecule has 30 heavy (non-hydrogen) atoms. The highest BCUT2D eigenvalue weighted by Crippen LogP contribution is 2.42. The Morgan fingerprint density at radius 2 is 1.90 bits per heavy atom. The Kier molecular flexibility index (Phi) is 4.94. The summed E-state index contributed by atoms with van der Waals surface area (Å²) < 4.78 is 12.1. The Morgan fingerprint density at radius 3 is 2.67 bits per heavy atom. The number of nitrogens with zero attached hydrogens (tertiary/aromatic N) is 2. The zero-order valence-electron chi connectivity index (χ0n) is 17.8. The minimum absolute atomic E-state index is 0.0347. The summed E-state index contributed by atoms with van der Waals surface area (Å²) in [6.45, 7) is 6.77. The van der Waals surface area contributed by atoms with Gasteiger partial charge < -0.3 is 14.4 Å². The average Bonchev–Trinajstić information content (AvgIpc) is 3.54. The van der Waals surface area contributed by atoms with Crippen LogP contribution >= 0.6 is 0 Å². The molecule has 2 heterocycles. The van der Waals surface area contributed by atoms with Crippen molar-refractivity contribution >= 4 is 5.91 Å². The van der Waals surface area contributed by atoms with Crippen LogP contribution in [-0.2, 0) is 11.2 Å². The van der Waals surface area contributed by atoms with Crippen molar-refractivity contribution in [2.45, 2.75) is 50.8 Å². The molecule has 5 rings (SSSR count). The van der Waals surface area contributed by atoms with Crippen LogP contribution in [0.25, 0.3) is 0 Å². The van der Waals surface area contributed by atoms with Crippen LogP contribution in [0.4, 0.5) is 0 Å². The third kappa shape index (κ3) is 3.91. The third-order valence-electron chi connectivity index (χ3n) is 6.39. The molecule has 1 aliphatic carbocycles. The van der Waals surface area contributed by atoms with Crippen LogP contribution < -0.4 is 9.47 Å². The molecule has 1 atom stereocenters. The molecule has 2 fully saturated rings. The predicted octanol–water partition coefficient (Wildman–Crippen LogP) is 3.83. The van der Waals surface area contributed by atoms with Gasteiger partial charge in [0.25, 0.3) is 5.91 Å². The molecule has 1 amide bonds. The maximum Gasteiger partial charge on any atom is 0.261 e. The molecule has 0 spiro atoms. The highest BCUT2D eigenvalue weighted by molar-refractivity contribution is 5.78. The zero-order chi connectivity index (χ0) is 20.7. The second kappa shape index (κ2) is 7.62. The van der Waals surface area contributed by atoms with Crippen molar-refractivity contribution in [2.24, 2.45) is 0 Å². The molecule has 158 valence electrons. The van der Waals surface area contributed by atoms with Crippen molar-refractivity contribution in [3.05, 3.63) is 59.7 Å². The second-order valence-electron chi connectivity index (χ2n) is 9.31. The van der Waals surface area contributed by atoms with Gasteiger partial charge in [-0.15, -0.1) is 0 Å². The number of carbonyl (C=O) groups excluding carboxylic acids is 1. The Morgan fingerprint density at radius 1 is 1.10 bits per heavy atom. The third-order valence-corrected chi connectivity index (χ3v) is 6.39. The van der Waals surface area contributed by atoms with Gasteiger partial charge in [-0.3, -0.25) is 9.69 Å². The number of hydrogen-bond acceptors (Lipinski definition) is 4. The van der Waals surface area contributed by atoms with Crippen LogP contribution in [-0.4, -0.2) is 53.6 Å². The van der Waals surface area contributed by atoms with Crippen LogP contribution in [0, 0.1) is 0 Å². The number of piperazine rings is 1. The lowest BCUT2D eigenvalue weighted by Gasteiger charge is -2.42. The van der Waals surface area contributed by atoms with Gasteiger partial charge in [0.15, 0.2) is 18.1 Å². The molecule has 0 radical (unpaired) electrons. The van der Waals surface area contributed by atoms with E-state index in [0.717, 1.165) is 37.4 Å². The van der Waals surface area contributed by atoms with Gasteiger partial charge in [0.05, 0.1) is 6.04 Å². The minimum Gasteiger partial charge on any atom is -0.483 e. The number of hydrogen-bond donors (Lipinski definition) is 0. The number of fused-ring (bicyclic) bond motifs is 1. The lowest BCUT2D eigenvalue weighted by Crippen LogP contribution is -2.52. The van der Waals surface area contributed by atoms with Crippen molar-refractivity contribution in [2.75, 3.05) is 26.2 Å². The quantitative estimate of drug-likeness (QED) is 0.757.